The van der Waals surface area contributed by atoms with Gasteiger partial charge in [0, 0.05) is 12.2 Å². The van der Waals surface area contributed by atoms with Crippen molar-refractivity contribution in [2.75, 3.05) is 6.54 Å². The lowest BCUT2D eigenvalue weighted by Crippen LogP contribution is -2.15. The highest BCUT2D eigenvalue weighted by atomic mass is 16.3. The second-order valence-corrected chi connectivity index (χ2v) is 4.77. The Balaban J connectivity index is 2.00. The van der Waals surface area contributed by atoms with Crippen LogP contribution in [0.1, 0.15) is 23.0 Å². The number of nitrogens with zero attached hydrogens (tertiary/aromatic N) is 1. The van der Waals surface area contributed by atoms with Crippen molar-refractivity contribution < 1.29 is 4.42 Å². The third-order valence-corrected chi connectivity index (χ3v) is 3.43. The Morgan fingerprint density at radius 2 is 2.00 bits per heavy atom. The highest BCUT2D eigenvalue weighted by Gasteiger charge is 2.19. The van der Waals surface area contributed by atoms with E-state index in [2.05, 4.69) is 22.1 Å². The number of nitrogens with two attached hydrogens (primary N) is 1. The zero-order valence-corrected chi connectivity index (χ0v) is 11.3. The average Bonchev–Trinajstić information content (AvgIpc) is 3.10. The number of benzene rings is 1. The number of nitrogens with one attached hydrogen (secondary N) is 1. The molecule has 3 aromatic rings. The number of imidazole rings is 1. The molecule has 1 unspecified atom stereocenters. The monoisotopic (exact) mass is 267 g/mol. The number of aromatic nitrogens is 2. The van der Waals surface area contributed by atoms with Crippen molar-refractivity contribution in [1.82, 2.24) is 9.97 Å². The maximum absolute atomic E-state index is 5.93. The van der Waals surface area contributed by atoms with Gasteiger partial charge in [0.2, 0.25) is 0 Å². The molecule has 1 atom stereocenters. The van der Waals surface area contributed by atoms with Crippen LogP contribution in [-0.2, 0) is 0 Å². The van der Waals surface area contributed by atoms with Gasteiger partial charge in [-0.25, -0.2) is 4.98 Å². The van der Waals surface area contributed by atoms with Crippen LogP contribution in [0.2, 0.25) is 0 Å². The zero-order valence-electron chi connectivity index (χ0n) is 11.3. The first-order valence-electron chi connectivity index (χ1n) is 6.65. The predicted octanol–water partition coefficient (Wildman–Crippen LogP) is 3.07. The van der Waals surface area contributed by atoms with E-state index >= 15 is 0 Å². The van der Waals surface area contributed by atoms with E-state index in [1.54, 1.807) is 6.26 Å². The molecule has 0 saturated carbocycles. The molecule has 0 aliphatic rings. The molecule has 4 nitrogen and oxygen atoms in total. The molecule has 0 spiro atoms. The Hall–Kier alpha value is -2.33. The Bertz CT molecular complexity index is 671. The molecule has 4 heteroatoms. The summed E-state index contributed by atoms with van der Waals surface area (Å²) in [6.45, 7) is 2.50. The second-order valence-electron chi connectivity index (χ2n) is 4.77. The summed E-state index contributed by atoms with van der Waals surface area (Å²) in [6.07, 6.45) is 1.65. The fourth-order valence-electron chi connectivity index (χ4n) is 2.39. The van der Waals surface area contributed by atoms with Gasteiger partial charge in [0.25, 0.3) is 0 Å². The molecule has 0 saturated heterocycles. The molecule has 2 heterocycles. The van der Waals surface area contributed by atoms with Gasteiger partial charge in [-0.2, -0.15) is 0 Å². The third-order valence-electron chi connectivity index (χ3n) is 3.43. The van der Waals surface area contributed by atoms with Crippen LogP contribution in [0, 0.1) is 6.92 Å². The van der Waals surface area contributed by atoms with E-state index in [1.807, 2.05) is 37.3 Å². The highest BCUT2D eigenvalue weighted by Crippen LogP contribution is 2.27. The van der Waals surface area contributed by atoms with Crippen LogP contribution in [0.5, 0.6) is 0 Å². The lowest BCUT2D eigenvalue weighted by Gasteiger charge is -2.12. The van der Waals surface area contributed by atoms with Gasteiger partial charge in [0.15, 0.2) is 5.76 Å². The van der Waals surface area contributed by atoms with Gasteiger partial charge in [-0.05, 0) is 24.6 Å². The molecular weight excluding hydrogens is 250 g/mol. The summed E-state index contributed by atoms with van der Waals surface area (Å²) in [6, 6.07) is 13.9. The van der Waals surface area contributed by atoms with E-state index in [0.29, 0.717) is 6.54 Å². The molecule has 0 fully saturated rings. The second kappa shape index (κ2) is 5.35. The predicted molar refractivity (Wildman–Crippen MR) is 78.4 cm³/mol. The SMILES string of the molecule is Cc1[nH]c(C(CN)c2ccccc2)nc1-c1ccco1. The summed E-state index contributed by atoms with van der Waals surface area (Å²) in [4.78, 5) is 8.00. The quantitative estimate of drug-likeness (QED) is 0.763. The lowest BCUT2D eigenvalue weighted by molar-refractivity contribution is 0.579. The van der Waals surface area contributed by atoms with Crippen LogP contribution in [0.25, 0.3) is 11.5 Å². The van der Waals surface area contributed by atoms with Gasteiger partial charge in [-0.1, -0.05) is 30.3 Å². The molecule has 0 amide bonds. The van der Waals surface area contributed by atoms with Gasteiger partial charge in [0.05, 0.1) is 12.2 Å². The fourth-order valence-corrected chi connectivity index (χ4v) is 2.39. The van der Waals surface area contributed by atoms with Gasteiger partial charge in [0.1, 0.15) is 11.5 Å². The molecule has 2 aromatic heterocycles. The number of hydrogen-bond acceptors (Lipinski definition) is 3. The topological polar surface area (TPSA) is 67.8 Å². The first kappa shape index (κ1) is 12.7. The maximum Gasteiger partial charge on any atom is 0.154 e. The lowest BCUT2D eigenvalue weighted by atomic mass is 9.99. The molecule has 0 radical (unpaired) electrons. The van der Waals surface area contributed by atoms with Crippen LogP contribution < -0.4 is 5.73 Å². The Kier molecular flexibility index (Phi) is 3.39. The Morgan fingerprint density at radius 1 is 1.20 bits per heavy atom. The third kappa shape index (κ3) is 2.26. The van der Waals surface area contributed by atoms with E-state index in [4.69, 9.17) is 10.2 Å². The maximum atomic E-state index is 5.93. The van der Waals surface area contributed by atoms with Gasteiger partial charge < -0.3 is 15.1 Å². The van der Waals surface area contributed by atoms with E-state index in [-0.39, 0.29) is 5.92 Å². The Morgan fingerprint density at radius 3 is 2.65 bits per heavy atom. The Labute approximate surface area is 117 Å². The van der Waals surface area contributed by atoms with E-state index in [0.717, 1.165) is 28.5 Å². The molecule has 3 rings (SSSR count). The number of hydrogen-bond donors (Lipinski definition) is 2. The van der Waals surface area contributed by atoms with Gasteiger partial charge >= 0.3 is 0 Å². The first-order valence-corrected chi connectivity index (χ1v) is 6.65. The molecule has 0 aliphatic carbocycles. The van der Waals surface area contributed by atoms with Crippen molar-refractivity contribution in [2.24, 2.45) is 5.73 Å². The summed E-state index contributed by atoms with van der Waals surface area (Å²) in [5.74, 6) is 1.72. The van der Waals surface area contributed by atoms with Gasteiger partial charge in [-0.3, -0.25) is 0 Å². The van der Waals surface area contributed by atoms with Crippen molar-refractivity contribution in [1.29, 1.82) is 0 Å². The normalized spacial score (nSPS) is 12.5. The van der Waals surface area contributed by atoms with Crippen LogP contribution in [0.3, 0.4) is 0 Å². The summed E-state index contributed by atoms with van der Waals surface area (Å²) in [5, 5.41) is 0. The molecule has 3 N–H and O–H groups in total. The van der Waals surface area contributed by atoms with Crippen LogP contribution >= 0.6 is 0 Å². The number of rotatable bonds is 4. The molecule has 1 aromatic carbocycles. The van der Waals surface area contributed by atoms with Crippen molar-refractivity contribution in [3.63, 3.8) is 0 Å². The van der Waals surface area contributed by atoms with E-state index in [1.165, 1.54) is 0 Å². The van der Waals surface area contributed by atoms with Crippen molar-refractivity contribution >= 4 is 0 Å². The molecular formula is C16H17N3O. The molecule has 0 bridgehead atoms. The number of aromatic amines is 1. The minimum absolute atomic E-state index is 0.0682. The van der Waals surface area contributed by atoms with Crippen LogP contribution in [-0.4, -0.2) is 16.5 Å². The number of H-pyrrole nitrogens is 1. The zero-order chi connectivity index (χ0) is 13.9. The summed E-state index contributed by atoms with van der Waals surface area (Å²) in [5.41, 5.74) is 8.93. The number of furan rings is 1. The average molecular weight is 267 g/mol. The number of aryl methyl sites for hydroxylation is 1. The largest absolute Gasteiger partial charge is 0.463 e. The standard InChI is InChI=1S/C16H17N3O/c1-11-15(14-8-5-9-20-14)19-16(18-11)13(10-17)12-6-3-2-4-7-12/h2-9,13H,10,17H2,1H3,(H,18,19). The summed E-state index contributed by atoms with van der Waals surface area (Å²) in [7, 11) is 0. The molecule has 20 heavy (non-hydrogen) atoms. The summed E-state index contributed by atoms with van der Waals surface area (Å²) < 4.78 is 5.42. The van der Waals surface area contributed by atoms with E-state index < -0.39 is 0 Å². The summed E-state index contributed by atoms with van der Waals surface area (Å²) >= 11 is 0. The highest BCUT2D eigenvalue weighted by molar-refractivity contribution is 5.55. The van der Waals surface area contributed by atoms with Gasteiger partial charge in [-0.15, -0.1) is 0 Å². The van der Waals surface area contributed by atoms with Crippen LogP contribution in [0.4, 0.5) is 0 Å². The van der Waals surface area contributed by atoms with E-state index in [9.17, 15) is 0 Å². The van der Waals surface area contributed by atoms with Crippen molar-refractivity contribution in [3.8, 4) is 11.5 Å². The minimum Gasteiger partial charge on any atom is -0.463 e. The van der Waals surface area contributed by atoms with Crippen molar-refractivity contribution in [2.45, 2.75) is 12.8 Å². The molecule has 0 aliphatic heterocycles. The first-order chi connectivity index (χ1) is 9.79. The minimum atomic E-state index is 0.0682. The smallest absolute Gasteiger partial charge is 0.154 e. The van der Waals surface area contributed by atoms with Crippen LogP contribution in [0.15, 0.2) is 53.1 Å². The molecule has 102 valence electrons. The van der Waals surface area contributed by atoms with Crippen molar-refractivity contribution in [3.05, 3.63) is 65.8 Å². The fraction of sp³-hybridized carbons (Fsp3) is 0.188.